The van der Waals surface area contributed by atoms with Crippen LogP contribution in [0.4, 0.5) is 0 Å². The molecule has 0 aliphatic heterocycles. The summed E-state index contributed by atoms with van der Waals surface area (Å²) in [5.41, 5.74) is 3.08. The molecule has 0 radical (unpaired) electrons. The summed E-state index contributed by atoms with van der Waals surface area (Å²) in [6.45, 7) is 11.5. The predicted octanol–water partition coefficient (Wildman–Crippen LogP) is 4.33. The second-order valence-corrected chi connectivity index (χ2v) is 11.7. The second-order valence-electron chi connectivity index (χ2n) is 6.40. The summed E-state index contributed by atoms with van der Waals surface area (Å²) in [6, 6.07) is 9.72. The van der Waals surface area contributed by atoms with Crippen LogP contribution >= 0.6 is 0 Å². The smallest absolute Gasteiger partial charge is 0.330 e. The average molecular weight is 276 g/mol. The van der Waals surface area contributed by atoms with Crippen molar-refractivity contribution in [3.8, 4) is 0 Å². The second kappa shape index (κ2) is 6.20. The van der Waals surface area contributed by atoms with E-state index < -0.39 is 8.07 Å². The highest BCUT2D eigenvalue weighted by atomic mass is 28.3. The van der Waals surface area contributed by atoms with Crippen molar-refractivity contribution in [3.63, 3.8) is 0 Å². The molecule has 0 saturated carbocycles. The predicted molar refractivity (Wildman–Crippen MR) is 82.6 cm³/mol. The molecular formula is C16H24O2Si. The Hall–Kier alpha value is -1.35. The Balaban J connectivity index is 2.52. The summed E-state index contributed by atoms with van der Waals surface area (Å²) < 4.78 is 5.23. The fourth-order valence-corrected chi connectivity index (χ4v) is 2.36. The van der Waals surface area contributed by atoms with Crippen molar-refractivity contribution in [1.29, 1.82) is 0 Å². The van der Waals surface area contributed by atoms with Crippen LogP contribution in [-0.2, 0) is 16.1 Å². The fraction of sp³-hybridized carbons (Fsp3) is 0.438. The van der Waals surface area contributed by atoms with E-state index in [1.54, 1.807) is 6.08 Å². The van der Waals surface area contributed by atoms with Gasteiger partial charge >= 0.3 is 5.97 Å². The van der Waals surface area contributed by atoms with Gasteiger partial charge in [-0.1, -0.05) is 69.9 Å². The molecule has 0 heterocycles. The van der Waals surface area contributed by atoms with Crippen LogP contribution in [0, 0.1) is 0 Å². The van der Waals surface area contributed by atoms with Crippen LogP contribution < -0.4 is 0 Å². The van der Waals surface area contributed by atoms with E-state index in [9.17, 15) is 4.79 Å². The molecular weight excluding hydrogens is 252 g/mol. The van der Waals surface area contributed by atoms with E-state index in [0.717, 1.165) is 5.56 Å². The van der Waals surface area contributed by atoms with Crippen molar-refractivity contribution in [1.82, 2.24) is 0 Å². The number of esters is 1. The lowest BCUT2D eigenvalue weighted by Gasteiger charge is -2.33. The maximum atomic E-state index is 11.7. The van der Waals surface area contributed by atoms with E-state index in [1.165, 1.54) is 0 Å². The van der Waals surface area contributed by atoms with Gasteiger partial charge in [-0.25, -0.2) is 4.79 Å². The Bertz CT molecular complexity index is 442. The summed E-state index contributed by atoms with van der Waals surface area (Å²) >= 11 is 0. The zero-order chi connectivity index (χ0) is 14.5. The molecule has 1 aromatic rings. The van der Waals surface area contributed by atoms with Crippen LogP contribution in [-0.4, -0.2) is 14.0 Å². The molecule has 2 nitrogen and oxygen atoms in total. The van der Waals surface area contributed by atoms with Crippen molar-refractivity contribution < 1.29 is 9.53 Å². The highest BCUT2D eigenvalue weighted by Gasteiger charge is 2.32. The molecule has 0 aliphatic rings. The third-order valence-corrected chi connectivity index (χ3v) is 8.66. The number of rotatable bonds is 4. The Labute approximate surface area is 117 Å². The number of ether oxygens (including phenoxy) is 1. The van der Waals surface area contributed by atoms with Gasteiger partial charge in [0.2, 0.25) is 0 Å². The number of carbonyl (C=O) groups excluding carboxylic acids is 1. The van der Waals surface area contributed by atoms with Gasteiger partial charge in [-0.3, -0.25) is 0 Å². The van der Waals surface area contributed by atoms with Gasteiger partial charge in [0.25, 0.3) is 0 Å². The van der Waals surface area contributed by atoms with Crippen molar-refractivity contribution >= 4 is 14.0 Å². The first-order chi connectivity index (χ1) is 8.72. The molecule has 0 aliphatic carbocycles. The highest BCUT2D eigenvalue weighted by molar-refractivity contribution is 6.84. The molecule has 0 aromatic heterocycles. The summed E-state index contributed by atoms with van der Waals surface area (Å²) in [4.78, 5) is 11.7. The van der Waals surface area contributed by atoms with E-state index >= 15 is 0 Å². The van der Waals surface area contributed by atoms with Gasteiger partial charge < -0.3 is 4.74 Å². The van der Waals surface area contributed by atoms with Crippen LogP contribution in [0.3, 0.4) is 0 Å². The average Bonchev–Trinajstić information content (AvgIpc) is 2.34. The van der Waals surface area contributed by atoms with Crippen LogP contribution in [0.2, 0.25) is 18.1 Å². The van der Waals surface area contributed by atoms with Gasteiger partial charge in [-0.2, -0.15) is 0 Å². The van der Waals surface area contributed by atoms with E-state index in [-0.39, 0.29) is 11.0 Å². The van der Waals surface area contributed by atoms with Gasteiger partial charge in [0.05, 0.1) is 8.07 Å². The Morgan fingerprint density at radius 1 is 1.21 bits per heavy atom. The maximum absolute atomic E-state index is 11.7. The normalized spacial score (nSPS) is 12.7. The lowest BCUT2D eigenvalue weighted by Crippen LogP contribution is -2.35. The van der Waals surface area contributed by atoms with Gasteiger partial charge in [0.15, 0.2) is 0 Å². The summed E-state index contributed by atoms with van der Waals surface area (Å²) in [5, 5.41) is 0.239. The van der Waals surface area contributed by atoms with Crippen LogP contribution in [0.1, 0.15) is 26.3 Å². The maximum Gasteiger partial charge on any atom is 0.330 e. The molecule has 104 valence electrons. The SMILES string of the molecule is CC(C)(C)[Si](C)(C)C=CC(=O)OCc1ccccc1. The van der Waals surface area contributed by atoms with E-state index in [2.05, 4.69) is 39.6 Å². The third-order valence-electron chi connectivity index (χ3n) is 3.79. The van der Waals surface area contributed by atoms with Gasteiger partial charge in [-0.05, 0) is 10.6 Å². The Kier molecular flexibility index (Phi) is 5.12. The molecule has 0 unspecified atom stereocenters. The molecule has 0 saturated heterocycles. The monoisotopic (exact) mass is 276 g/mol. The molecule has 0 bridgehead atoms. The molecule has 19 heavy (non-hydrogen) atoms. The van der Waals surface area contributed by atoms with Gasteiger partial charge in [0, 0.05) is 6.08 Å². The standard InChI is InChI=1S/C16H24O2Si/c1-16(2,3)19(4,5)12-11-15(17)18-13-14-9-7-6-8-10-14/h6-12H,13H2,1-5H3. The summed E-state index contributed by atoms with van der Waals surface area (Å²) in [7, 11) is -1.56. The summed E-state index contributed by atoms with van der Waals surface area (Å²) in [5.74, 6) is -0.256. The topological polar surface area (TPSA) is 26.3 Å². The largest absolute Gasteiger partial charge is 0.458 e. The zero-order valence-electron chi connectivity index (χ0n) is 12.6. The molecule has 0 atom stereocenters. The first-order valence-corrected chi connectivity index (χ1v) is 9.70. The molecule has 0 fully saturated rings. The quantitative estimate of drug-likeness (QED) is 0.465. The minimum absolute atomic E-state index is 0.239. The molecule has 0 spiro atoms. The first kappa shape index (κ1) is 15.7. The van der Waals surface area contributed by atoms with E-state index in [1.807, 2.05) is 30.3 Å². The van der Waals surface area contributed by atoms with Crippen molar-refractivity contribution in [2.24, 2.45) is 0 Å². The number of hydrogen-bond donors (Lipinski definition) is 0. The molecule has 1 aromatic carbocycles. The first-order valence-electron chi connectivity index (χ1n) is 6.62. The van der Waals surface area contributed by atoms with Crippen LogP contribution in [0.5, 0.6) is 0 Å². The molecule has 3 heteroatoms. The molecule has 1 rings (SSSR count). The van der Waals surface area contributed by atoms with Gasteiger partial charge in [0.1, 0.15) is 6.61 Å². The highest BCUT2D eigenvalue weighted by Crippen LogP contribution is 2.36. The zero-order valence-corrected chi connectivity index (χ0v) is 13.6. The number of hydrogen-bond acceptors (Lipinski definition) is 2. The number of benzene rings is 1. The summed E-state index contributed by atoms with van der Waals surface area (Å²) in [6.07, 6.45) is 1.60. The molecule has 0 amide bonds. The van der Waals surface area contributed by atoms with E-state index in [4.69, 9.17) is 4.74 Å². The van der Waals surface area contributed by atoms with E-state index in [0.29, 0.717) is 6.61 Å². The Morgan fingerprint density at radius 3 is 2.32 bits per heavy atom. The minimum atomic E-state index is -1.56. The van der Waals surface area contributed by atoms with Gasteiger partial charge in [-0.15, -0.1) is 0 Å². The fourth-order valence-electron chi connectivity index (χ4n) is 1.30. The third kappa shape index (κ3) is 5.03. The van der Waals surface area contributed by atoms with Crippen LogP contribution in [0.15, 0.2) is 42.1 Å². The minimum Gasteiger partial charge on any atom is -0.458 e. The van der Waals surface area contributed by atoms with Crippen molar-refractivity contribution in [2.45, 2.75) is 45.5 Å². The molecule has 0 N–H and O–H groups in total. The Morgan fingerprint density at radius 2 is 1.79 bits per heavy atom. The lowest BCUT2D eigenvalue weighted by molar-refractivity contribution is -0.139. The van der Waals surface area contributed by atoms with Crippen LogP contribution in [0.25, 0.3) is 0 Å². The number of carbonyl (C=O) groups is 1. The van der Waals surface area contributed by atoms with Crippen molar-refractivity contribution in [3.05, 3.63) is 47.7 Å². The van der Waals surface area contributed by atoms with Crippen molar-refractivity contribution in [2.75, 3.05) is 0 Å². The lowest BCUT2D eigenvalue weighted by atomic mass is 10.2.